The van der Waals surface area contributed by atoms with E-state index in [0.717, 1.165) is 79.1 Å². The summed E-state index contributed by atoms with van der Waals surface area (Å²) < 4.78 is 0. The van der Waals surface area contributed by atoms with Crippen LogP contribution in [-0.4, -0.2) is 16.4 Å². The van der Waals surface area contributed by atoms with Crippen LogP contribution in [0, 0.1) is 0 Å². The van der Waals surface area contributed by atoms with E-state index in [2.05, 4.69) is 83.1 Å². The minimum Gasteiger partial charge on any atom is -0.251 e. The molecule has 3 heteroatoms. The Hall–Kier alpha value is -3.07. The number of pyridine rings is 1. The van der Waals surface area contributed by atoms with E-state index in [1.165, 1.54) is 27.8 Å². The van der Waals surface area contributed by atoms with Crippen LogP contribution in [0.25, 0.3) is 0 Å². The van der Waals surface area contributed by atoms with Crippen molar-refractivity contribution >= 4 is 22.8 Å². The maximum atomic E-state index is 5.25. The molecule has 3 aromatic rings. The van der Waals surface area contributed by atoms with E-state index in [0.29, 0.717) is 0 Å². The lowest BCUT2D eigenvalue weighted by Crippen LogP contribution is -2.16. The van der Waals surface area contributed by atoms with Crippen LogP contribution in [-0.2, 0) is 32.1 Å². The SMILES string of the molecule is CCc1cccc(CC)c1N=C(C)c1ccc2c(n1)C(=Nc1c(CC)cccc1CC)CCC2. The van der Waals surface area contributed by atoms with Gasteiger partial charge in [-0.15, -0.1) is 0 Å². The first-order valence-electron chi connectivity index (χ1n) is 12.9. The van der Waals surface area contributed by atoms with Gasteiger partial charge in [0.15, 0.2) is 0 Å². The lowest BCUT2D eigenvalue weighted by atomic mass is 9.93. The molecule has 0 bridgehead atoms. The van der Waals surface area contributed by atoms with E-state index < -0.39 is 0 Å². The second-order valence-electron chi connectivity index (χ2n) is 9.08. The van der Waals surface area contributed by atoms with Crippen LogP contribution in [0.2, 0.25) is 0 Å². The largest absolute Gasteiger partial charge is 0.251 e. The van der Waals surface area contributed by atoms with Gasteiger partial charge in [0.1, 0.15) is 0 Å². The average Bonchev–Trinajstić information content (AvgIpc) is 2.88. The molecule has 4 rings (SSSR count). The molecule has 0 amide bonds. The van der Waals surface area contributed by atoms with E-state index in [1.54, 1.807) is 0 Å². The van der Waals surface area contributed by atoms with Crippen molar-refractivity contribution in [1.82, 2.24) is 4.98 Å². The van der Waals surface area contributed by atoms with Crippen LogP contribution in [0.1, 0.15) is 86.7 Å². The number of nitrogens with zero attached hydrogens (tertiary/aromatic N) is 3. The Morgan fingerprint density at radius 2 is 1.29 bits per heavy atom. The van der Waals surface area contributed by atoms with Crippen molar-refractivity contribution in [3.63, 3.8) is 0 Å². The van der Waals surface area contributed by atoms with Crippen molar-refractivity contribution in [2.75, 3.05) is 0 Å². The summed E-state index contributed by atoms with van der Waals surface area (Å²) in [4.78, 5) is 15.5. The Labute approximate surface area is 205 Å². The van der Waals surface area contributed by atoms with Crippen LogP contribution in [0.3, 0.4) is 0 Å². The lowest BCUT2D eigenvalue weighted by molar-refractivity contribution is 0.825. The molecule has 0 spiro atoms. The summed E-state index contributed by atoms with van der Waals surface area (Å²) in [6, 6.07) is 17.5. The van der Waals surface area contributed by atoms with Gasteiger partial charge in [0.2, 0.25) is 0 Å². The zero-order valence-corrected chi connectivity index (χ0v) is 21.4. The maximum absolute atomic E-state index is 5.25. The molecule has 0 atom stereocenters. The molecule has 0 radical (unpaired) electrons. The highest BCUT2D eigenvalue weighted by atomic mass is 14.9. The summed E-state index contributed by atoms with van der Waals surface area (Å²) in [5.74, 6) is 0. The highest BCUT2D eigenvalue weighted by Crippen LogP contribution is 2.30. The first kappa shape index (κ1) is 24.1. The van der Waals surface area contributed by atoms with E-state index in [9.17, 15) is 0 Å². The van der Waals surface area contributed by atoms with E-state index in [1.807, 2.05) is 0 Å². The molecule has 3 nitrogen and oxygen atoms in total. The molecule has 1 heterocycles. The van der Waals surface area contributed by atoms with Crippen molar-refractivity contribution in [3.05, 3.63) is 87.7 Å². The van der Waals surface area contributed by atoms with Crippen molar-refractivity contribution in [1.29, 1.82) is 0 Å². The first-order valence-corrected chi connectivity index (χ1v) is 12.9. The molecular formula is C31H37N3. The molecule has 1 aliphatic carbocycles. The molecule has 176 valence electrons. The number of para-hydroxylation sites is 2. The summed E-state index contributed by atoms with van der Waals surface area (Å²) in [7, 11) is 0. The minimum atomic E-state index is 0.945. The normalized spacial score (nSPS) is 15.0. The molecule has 0 saturated carbocycles. The lowest BCUT2D eigenvalue weighted by Gasteiger charge is -2.19. The van der Waals surface area contributed by atoms with Gasteiger partial charge >= 0.3 is 0 Å². The van der Waals surface area contributed by atoms with Gasteiger partial charge in [-0.05, 0) is 85.8 Å². The second-order valence-corrected chi connectivity index (χ2v) is 9.08. The van der Waals surface area contributed by atoms with Crippen molar-refractivity contribution in [2.24, 2.45) is 9.98 Å². The number of aliphatic imine (C=N–C) groups is 2. The molecule has 0 unspecified atom stereocenters. The molecule has 0 N–H and O–H groups in total. The van der Waals surface area contributed by atoms with Gasteiger partial charge in [-0.3, -0.25) is 9.98 Å². The molecule has 0 saturated heterocycles. The average molecular weight is 452 g/mol. The standard InChI is InChI=1S/C31H37N3/c1-6-22-13-10-14-23(7-2)29(22)32-21(5)27-20-19-26-17-12-18-28(31(26)33-27)34-30-24(8-3)15-11-16-25(30)9-4/h10-11,13-16,19-20H,6-9,12,17-18H2,1-5H3. The van der Waals surface area contributed by atoms with E-state index in [-0.39, 0.29) is 0 Å². The monoisotopic (exact) mass is 451 g/mol. The van der Waals surface area contributed by atoms with Gasteiger partial charge in [-0.1, -0.05) is 70.2 Å². The molecule has 0 aliphatic heterocycles. The third-order valence-corrected chi connectivity index (χ3v) is 6.94. The second kappa shape index (κ2) is 10.9. The Morgan fingerprint density at radius 1 is 0.735 bits per heavy atom. The number of benzene rings is 2. The van der Waals surface area contributed by atoms with Gasteiger partial charge in [0.25, 0.3) is 0 Å². The zero-order chi connectivity index (χ0) is 24.1. The molecule has 0 fully saturated rings. The highest BCUT2D eigenvalue weighted by molar-refractivity contribution is 6.05. The molecule has 1 aromatic heterocycles. The Kier molecular flexibility index (Phi) is 7.72. The molecule has 34 heavy (non-hydrogen) atoms. The van der Waals surface area contributed by atoms with Crippen LogP contribution in [0.4, 0.5) is 11.4 Å². The smallest absolute Gasteiger partial charge is 0.0884 e. The first-order chi connectivity index (χ1) is 16.6. The van der Waals surface area contributed by atoms with Crippen LogP contribution in [0.15, 0.2) is 58.5 Å². The fourth-order valence-electron chi connectivity index (χ4n) is 4.89. The van der Waals surface area contributed by atoms with Gasteiger partial charge < -0.3 is 0 Å². The van der Waals surface area contributed by atoms with Crippen molar-refractivity contribution in [2.45, 2.75) is 79.6 Å². The molecule has 2 aromatic carbocycles. The summed E-state index contributed by atoms with van der Waals surface area (Å²) >= 11 is 0. The van der Waals surface area contributed by atoms with Crippen LogP contribution in [0.5, 0.6) is 0 Å². The third kappa shape index (κ3) is 4.89. The zero-order valence-electron chi connectivity index (χ0n) is 21.4. The van der Waals surface area contributed by atoms with Gasteiger partial charge in [0, 0.05) is 0 Å². The number of fused-ring (bicyclic) bond motifs is 1. The third-order valence-electron chi connectivity index (χ3n) is 6.94. The van der Waals surface area contributed by atoms with Crippen molar-refractivity contribution < 1.29 is 0 Å². The fourth-order valence-corrected chi connectivity index (χ4v) is 4.89. The maximum Gasteiger partial charge on any atom is 0.0884 e. The predicted molar refractivity (Wildman–Crippen MR) is 146 cm³/mol. The number of aromatic nitrogens is 1. The number of rotatable bonds is 7. The quantitative estimate of drug-likeness (QED) is 0.336. The van der Waals surface area contributed by atoms with Gasteiger partial charge in [-0.25, -0.2) is 4.98 Å². The van der Waals surface area contributed by atoms with Gasteiger partial charge in [0.05, 0.1) is 34.2 Å². The van der Waals surface area contributed by atoms with E-state index >= 15 is 0 Å². The highest BCUT2D eigenvalue weighted by Gasteiger charge is 2.20. The summed E-state index contributed by atoms with van der Waals surface area (Å²) in [5, 5.41) is 0. The number of aryl methyl sites for hydroxylation is 5. The molecule has 1 aliphatic rings. The topological polar surface area (TPSA) is 37.6 Å². The fraction of sp³-hybridized carbons (Fsp3) is 0.387. The minimum absolute atomic E-state index is 0.945. The predicted octanol–water partition coefficient (Wildman–Crippen LogP) is 7.93. The summed E-state index contributed by atoms with van der Waals surface area (Å²) in [5.41, 5.74) is 12.9. The van der Waals surface area contributed by atoms with Crippen LogP contribution < -0.4 is 0 Å². The van der Waals surface area contributed by atoms with Crippen LogP contribution >= 0.6 is 0 Å². The van der Waals surface area contributed by atoms with Crippen molar-refractivity contribution in [3.8, 4) is 0 Å². The Bertz CT molecular complexity index is 1190. The Balaban J connectivity index is 1.79. The number of hydrogen-bond acceptors (Lipinski definition) is 3. The summed E-state index contributed by atoms with van der Waals surface area (Å²) in [6.07, 6.45) is 7.09. The van der Waals surface area contributed by atoms with E-state index in [4.69, 9.17) is 15.0 Å². The Morgan fingerprint density at radius 3 is 1.85 bits per heavy atom. The summed E-state index contributed by atoms with van der Waals surface area (Å²) in [6.45, 7) is 10.9. The number of hydrogen-bond donors (Lipinski definition) is 0. The van der Waals surface area contributed by atoms with Gasteiger partial charge in [-0.2, -0.15) is 0 Å². The molecular weight excluding hydrogens is 414 g/mol.